The van der Waals surface area contributed by atoms with Gasteiger partial charge in [0.25, 0.3) is 5.24 Å². The minimum atomic E-state index is -0.952. The molecule has 0 bridgehead atoms. The molecule has 1 N–H and O–H groups in total. The number of aromatic carboxylic acids is 1. The van der Waals surface area contributed by atoms with Gasteiger partial charge in [0.1, 0.15) is 0 Å². The average Bonchev–Trinajstić information content (AvgIpc) is 3.50. The molecule has 2 aromatic carbocycles. The number of benzene rings is 2. The maximum Gasteiger partial charge on any atom is 0.338 e. The lowest BCUT2D eigenvalue weighted by molar-refractivity contribution is 0.0696. The van der Waals surface area contributed by atoms with Crippen LogP contribution >= 0.6 is 11.6 Å². The first-order chi connectivity index (χ1) is 15.4. The van der Waals surface area contributed by atoms with Gasteiger partial charge in [-0.3, -0.25) is 14.2 Å². The van der Waals surface area contributed by atoms with E-state index in [2.05, 4.69) is 10.2 Å². The van der Waals surface area contributed by atoms with Crippen molar-refractivity contribution in [1.29, 1.82) is 0 Å². The standard InChI is InChI=1S/C12H11ClN2O.C12H12N2O2/c1-9(10-5-3-2-4-6-10)15-8-11(7-14-15)12(13)16;1-9(10-5-3-2-4-6-10)14-8-11(7-13-14)12(15)16/h2-9H,1H3;2-9H,1H3,(H,15,16)/t2*9-/m11/s1. The second-order valence-electron chi connectivity index (χ2n) is 7.17. The molecule has 0 unspecified atom stereocenters. The molecule has 0 aliphatic rings. The Bertz CT molecular complexity index is 1080. The number of carbonyl (C=O) groups is 2. The Labute approximate surface area is 190 Å². The number of carboxylic acids is 1. The van der Waals surface area contributed by atoms with Gasteiger partial charge in [-0.05, 0) is 36.6 Å². The van der Waals surface area contributed by atoms with E-state index in [0.29, 0.717) is 5.56 Å². The largest absolute Gasteiger partial charge is 0.478 e. The molecule has 32 heavy (non-hydrogen) atoms. The number of nitrogens with zero attached hydrogens (tertiary/aromatic N) is 4. The Morgan fingerprint density at radius 3 is 1.53 bits per heavy atom. The van der Waals surface area contributed by atoms with Crippen molar-refractivity contribution in [3.8, 4) is 0 Å². The van der Waals surface area contributed by atoms with Gasteiger partial charge in [-0.25, -0.2) is 4.79 Å². The summed E-state index contributed by atoms with van der Waals surface area (Å²) >= 11 is 5.37. The summed E-state index contributed by atoms with van der Waals surface area (Å²) in [4.78, 5) is 21.6. The number of hydrogen-bond acceptors (Lipinski definition) is 4. The van der Waals surface area contributed by atoms with E-state index in [1.54, 1.807) is 21.8 Å². The first kappa shape index (κ1) is 23.0. The predicted molar refractivity (Wildman–Crippen MR) is 122 cm³/mol. The summed E-state index contributed by atoms with van der Waals surface area (Å²) in [6.45, 7) is 4.00. The Morgan fingerprint density at radius 1 is 0.781 bits per heavy atom. The molecule has 7 nitrogen and oxygen atoms in total. The molecule has 8 heteroatoms. The first-order valence-electron chi connectivity index (χ1n) is 9.98. The summed E-state index contributed by atoms with van der Waals surface area (Å²) < 4.78 is 3.38. The van der Waals surface area contributed by atoms with Crippen LogP contribution in [0.2, 0.25) is 0 Å². The molecule has 164 valence electrons. The predicted octanol–water partition coefficient (Wildman–Crippen LogP) is 5.06. The molecule has 2 heterocycles. The van der Waals surface area contributed by atoms with Crippen LogP contribution in [0.4, 0.5) is 0 Å². The molecule has 0 saturated heterocycles. The fraction of sp³-hybridized carbons (Fsp3) is 0.167. The normalized spacial score (nSPS) is 12.3. The van der Waals surface area contributed by atoms with Crippen LogP contribution in [0.15, 0.2) is 85.5 Å². The lowest BCUT2D eigenvalue weighted by Gasteiger charge is -2.11. The van der Waals surface area contributed by atoms with Crippen LogP contribution in [0, 0.1) is 0 Å². The van der Waals surface area contributed by atoms with E-state index >= 15 is 0 Å². The highest BCUT2D eigenvalue weighted by molar-refractivity contribution is 6.67. The summed E-state index contributed by atoms with van der Waals surface area (Å²) in [5.41, 5.74) is 2.87. The number of aromatic nitrogens is 4. The maximum absolute atomic E-state index is 10.9. The van der Waals surface area contributed by atoms with Crippen LogP contribution in [0.3, 0.4) is 0 Å². The van der Waals surface area contributed by atoms with Crippen molar-refractivity contribution in [1.82, 2.24) is 19.6 Å². The molecule has 4 rings (SSSR count). The van der Waals surface area contributed by atoms with E-state index in [-0.39, 0.29) is 17.6 Å². The fourth-order valence-electron chi connectivity index (χ4n) is 3.08. The first-order valence-corrected chi connectivity index (χ1v) is 10.4. The third kappa shape index (κ3) is 5.70. The van der Waals surface area contributed by atoms with Crippen LogP contribution in [0.25, 0.3) is 0 Å². The molecule has 0 aliphatic carbocycles. The van der Waals surface area contributed by atoms with Crippen LogP contribution in [0.5, 0.6) is 0 Å². The van der Waals surface area contributed by atoms with E-state index in [9.17, 15) is 9.59 Å². The van der Waals surface area contributed by atoms with Crippen LogP contribution in [0.1, 0.15) is 57.8 Å². The van der Waals surface area contributed by atoms with Gasteiger partial charge in [0.2, 0.25) is 0 Å². The van der Waals surface area contributed by atoms with Crippen molar-refractivity contribution in [2.24, 2.45) is 0 Å². The summed E-state index contributed by atoms with van der Waals surface area (Å²) in [6, 6.07) is 19.9. The lowest BCUT2D eigenvalue weighted by atomic mass is 10.1. The van der Waals surface area contributed by atoms with Gasteiger partial charge in [0.05, 0.1) is 35.6 Å². The highest BCUT2D eigenvalue weighted by Gasteiger charge is 2.12. The average molecular weight is 451 g/mol. The van der Waals surface area contributed by atoms with E-state index in [1.807, 2.05) is 74.5 Å². The molecular formula is C24H23ClN4O3. The quantitative estimate of drug-likeness (QED) is 0.414. The Morgan fingerprint density at radius 2 is 1.19 bits per heavy atom. The summed E-state index contributed by atoms with van der Waals surface area (Å²) in [7, 11) is 0. The minimum absolute atomic E-state index is 0.0364. The zero-order chi connectivity index (χ0) is 23.1. The van der Waals surface area contributed by atoms with Crippen LogP contribution in [-0.4, -0.2) is 35.9 Å². The molecule has 0 amide bonds. The Hall–Kier alpha value is -3.71. The Kier molecular flexibility index (Phi) is 7.57. The SMILES string of the molecule is C[C@H](c1ccccc1)n1cc(C(=O)Cl)cn1.C[C@H](c1ccccc1)n1cc(C(=O)O)cn1. The number of carboxylic acid groups (broad SMARTS) is 1. The zero-order valence-electron chi connectivity index (χ0n) is 17.7. The number of rotatable bonds is 6. The molecule has 0 radical (unpaired) electrons. The van der Waals surface area contributed by atoms with Gasteiger partial charge in [-0.15, -0.1) is 0 Å². The van der Waals surface area contributed by atoms with Gasteiger partial charge < -0.3 is 5.11 Å². The number of hydrogen-bond donors (Lipinski definition) is 1. The number of halogens is 1. The van der Waals surface area contributed by atoms with E-state index in [4.69, 9.17) is 16.7 Å². The smallest absolute Gasteiger partial charge is 0.338 e. The minimum Gasteiger partial charge on any atom is -0.478 e. The maximum atomic E-state index is 10.9. The second kappa shape index (κ2) is 10.5. The molecule has 4 aromatic rings. The second-order valence-corrected chi connectivity index (χ2v) is 7.51. The molecule has 0 spiro atoms. The van der Waals surface area contributed by atoms with Crippen molar-refractivity contribution in [2.75, 3.05) is 0 Å². The number of carbonyl (C=O) groups excluding carboxylic acids is 1. The van der Waals surface area contributed by atoms with E-state index in [1.165, 1.54) is 12.4 Å². The van der Waals surface area contributed by atoms with Crippen LogP contribution < -0.4 is 0 Å². The summed E-state index contributed by atoms with van der Waals surface area (Å²) in [5.74, 6) is -0.952. The monoisotopic (exact) mass is 450 g/mol. The van der Waals surface area contributed by atoms with E-state index in [0.717, 1.165) is 11.1 Å². The molecule has 0 saturated carbocycles. The summed E-state index contributed by atoms with van der Waals surface area (Å²) in [6.07, 6.45) is 6.05. The van der Waals surface area contributed by atoms with Gasteiger partial charge in [0, 0.05) is 12.4 Å². The van der Waals surface area contributed by atoms with Crippen molar-refractivity contribution >= 4 is 22.8 Å². The van der Waals surface area contributed by atoms with Crippen molar-refractivity contribution in [3.05, 3.63) is 108 Å². The highest BCUT2D eigenvalue weighted by atomic mass is 35.5. The summed E-state index contributed by atoms with van der Waals surface area (Å²) in [5, 5.41) is 16.5. The van der Waals surface area contributed by atoms with Crippen molar-refractivity contribution in [2.45, 2.75) is 25.9 Å². The molecule has 2 atom stereocenters. The van der Waals surface area contributed by atoms with Crippen molar-refractivity contribution in [3.63, 3.8) is 0 Å². The van der Waals surface area contributed by atoms with Gasteiger partial charge in [0.15, 0.2) is 0 Å². The lowest BCUT2D eigenvalue weighted by Crippen LogP contribution is -2.07. The van der Waals surface area contributed by atoms with Crippen LogP contribution in [-0.2, 0) is 0 Å². The third-order valence-electron chi connectivity index (χ3n) is 5.03. The highest BCUT2D eigenvalue weighted by Crippen LogP contribution is 2.18. The molecule has 2 aromatic heterocycles. The molecule has 0 aliphatic heterocycles. The van der Waals surface area contributed by atoms with E-state index < -0.39 is 11.2 Å². The Balaban J connectivity index is 0.000000181. The third-order valence-corrected chi connectivity index (χ3v) is 5.25. The molecular weight excluding hydrogens is 428 g/mol. The van der Waals surface area contributed by atoms with Gasteiger partial charge in [-0.2, -0.15) is 10.2 Å². The van der Waals surface area contributed by atoms with Gasteiger partial charge in [-0.1, -0.05) is 60.7 Å². The van der Waals surface area contributed by atoms with Crippen molar-refractivity contribution < 1.29 is 14.7 Å². The van der Waals surface area contributed by atoms with Gasteiger partial charge >= 0.3 is 5.97 Å². The molecule has 0 fully saturated rings. The zero-order valence-corrected chi connectivity index (χ0v) is 18.4. The fourth-order valence-corrected chi connectivity index (χ4v) is 3.18. The topological polar surface area (TPSA) is 90.0 Å².